The minimum absolute atomic E-state index is 0.292. The fourth-order valence-corrected chi connectivity index (χ4v) is 4.19. The van der Waals surface area contributed by atoms with Crippen molar-refractivity contribution in [3.63, 3.8) is 0 Å². The smallest absolute Gasteiger partial charge is 0.271 e. The highest BCUT2D eigenvalue weighted by Gasteiger charge is 2.12. The predicted octanol–water partition coefficient (Wildman–Crippen LogP) is 6.72. The van der Waals surface area contributed by atoms with Crippen molar-refractivity contribution in [1.29, 1.82) is 0 Å². The molecule has 0 aliphatic heterocycles. The van der Waals surface area contributed by atoms with Gasteiger partial charge >= 0.3 is 0 Å². The van der Waals surface area contributed by atoms with E-state index in [9.17, 15) is 4.79 Å². The van der Waals surface area contributed by atoms with Gasteiger partial charge in [-0.25, -0.2) is 5.43 Å². The number of fused-ring (bicyclic) bond motifs is 1. The van der Waals surface area contributed by atoms with Crippen LogP contribution in [0, 0.1) is 0 Å². The first-order valence-corrected chi connectivity index (χ1v) is 11.7. The minimum atomic E-state index is -0.292. The van der Waals surface area contributed by atoms with Crippen LogP contribution >= 0.6 is 31.9 Å². The van der Waals surface area contributed by atoms with Gasteiger partial charge in [0.2, 0.25) is 0 Å². The number of hydrogen-bond donors (Lipinski definition) is 1. The van der Waals surface area contributed by atoms with Crippen LogP contribution < -0.4 is 14.9 Å². The van der Waals surface area contributed by atoms with Gasteiger partial charge in [-0.1, -0.05) is 58.4 Å². The molecule has 7 heteroatoms. The number of benzene rings is 4. The lowest BCUT2D eigenvalue weighted by atomic mass is 10.1. The molecule has 1 N–H and O–H groups in total. The summed E-state index contributed by atoms with van der Waals surface area (Å²) in [5.74, 6) is 0.867. The van der Waals surface area contributed by atoms with E-state index in [4.69, 9.17) is 9.47 Å². The molecule has 0 saturated carbocycles. The second kappa shape index (κ2) is 10.6. The molecule has 5 nitrogen and oxygen atoms in total. The van der Waals surface area contributed by atoms with Crippen LogP contribution in [0.4, 0.5) is 0 Å². The topological polar surface area (TPSA) is 59.9 Å². The number of ether oxygens (including phenoxy) is 2. The Hall–Kier alpha value is -3.16. The molecule has 0 heterocycles. The zero-order valence-electron chi connectivity index (χ0n) is 17.7. The number of nitrogens with one attached hydrogen (secondary N) is 1. The van der Waals surface area contributed by atoms with Crippen LogP contribution in [0.2, 0.25) is 0 Å². The maximum atomic E-state index is 12.2. The van der Waals surface area contributed by atoms with Crippen molar-refractivity contribution in [1.82, 2.24) is 5.43 Å². The minimum Gasteiger partial charge on any atom is -0.493 e. The van der Waals surface area contributed by atoms with E-state index in [0.29, 0.717) is 23.7 Å². The van der Waals surface area contributed by atoms with Gasteiger partial charge in [-0.15, -0.1) is 0 Å². The van der Waals surface area contributed by atoms with Gasteiger partial charge in [0, 0.05) is 10.0 Å². The van der Waals surface area contributed by atoms with Gasteiger partial charge in [0.05, 0.1) is 17.8 Å². The molecular weight excluding hydrogens is 548 g/mol. The molecule has 1 amide bonds. The first-order chi connectivity index (χ1) is 16.0. The van der Waals surface area contributed by atoms with Crippen LogP contribution in [0.15, 0.2) is 92.9 Å². The molecule has 0 fully saturated rings. The first-order valence-electron chi connectivity index (χ1n) is 10.1. The largest absolute Gasteiger partial charge is 0.493 e. The van der Waals surface area contributed by atoms with Crippen LogP contribution in [-0.2, 0) is 6.61 Å². The van der Waals surface area contributed by atoms with E-state index in [1.54, 1.807) is 43.7 Å². The second-order valence-electron chi connectivity index (χ2n) is 7.17. The molecule has 4 rings (SSSR count). The highest BCUT2D eigenvalue weighted by atomic mass is 79.9. The van der Waals surface area contributed by atoms with E-state index in [-0.39, 0.29) is 5.91 Å². The number of hydrogen-bond acceptors (Lipinski definition) is 4. The van der Waals surface area contributed by atoms with Crippen molar-refractivity contribution in [3.8, 4) is 11.5 Å². The molecule has 0 saturated heterocycles. The number of hydrazone groups is 1. The van der Waals surface area contributed by atoms with Crippen LogP contribution in [0.25, 0.3) is 10.8 Å². The zero-order chi connectivity index (χ0) is 23.2. The highest BCUT2D eigenvalue weighted by Crippen LogP contribution is 2.37. The number of carbonyl (C=O) groups is 1. The van der Waals surface area contributed by atoms with E-state index in [0.717, 1.165) is 25.5 Å². The van der Waals surface area contributed by atoms with Gasteiger partial charge in [-0.3, -0.25) is 4.79 Å². The molecule has 0 spiro atoms. The molecule has 0 atom stereocenters. The van der Waals surface area contributed by atoms with E-state index >= 15 is 0 Å². The number of nitrogens with zero attached hydrogens (tertiary/aromatic N) is 1. The first kappa shape index (κ1) is 23.0. The lowest BCUT2D eigenvalue weighted by Gasteiger charge is -2.14. The number of methoxy groups -OCH3 is 1. The molecule has 33 heavy (non-hydrogen) atoms. The fourth-order valence-electron chi connectivity index (χ4n) is 3.35. The summed E-state index contributed by atoms with van der Waals surface area (Å²) in [6, 6.07) is 25.1. The standard InChI is InChI=1S/C26H20Br2N2O3/c1-32-24-14-17(15-29-30-26(31)19-9-11-21(27)12-10-19)13-23(28)25(24)33-16-20-7-4-6-18-5-2-3-8-22(18)20/h2-15H,16H2,1H3,(H,30,31)/b29-15-. The molecule has 0 aliphatic rings. The number of amides is 1. The Morgan fingerprint density at radius 1 is 1.00 bits per heavy atom. The zero-order valence-corrected chi connectivity index (χ0v) is 20.9. The average molecular weight is 568 g/mol. The predicted molar refractivity (Wildman–Crippen MR) is 138 cm³/mol. The van der Waals surface area contributed by atoms with Crippen LogP contribution in [0.1, 0.15) is 21.5 Å². The number of carbonyl (C=O) groups excluding carboxylic acids is 1. The monoisotopic (exact) mass is 566 g/mol. The van der Waals surface area contributed by atoms with Crippen molar-refractivity contribution in [2.75, 3.05) is 7.11 Å². The van der Waals surface area contributed by atoms with Gasteiger partial charge in [-0.05, 0) is 74.2 Å². The van der Waals surface area contributed by atoms with E-state index in [1.165, 1.54) is 5.39 Å². The van der Waals surface area contributed by atoms with Crippen LogP contribution in [-0.4, -0.2) is 19.2 Å². The van der Waals surface area contributed by atoms with E-state index < -0.39 is 0 Å². The SMILES string of the molecule is COc1cc(/C=N\NC(=O)c2ccc(Br)cc2)cc(Br)c1OCc1cccc2ccccc12. The van der Waals surface area contributed by atoms with Gasteiger partial charge in [-0.2, -0.15) is 5.10 Å². The van der Waals surface area contributed by atoms with Gasteiger partial charge < -0.3 is 9.47 Å². The third-order valence-corrected chi connectivity index (χ3v) is 6.11. The Kier molecular flexibility index (Phi) is 7.42. The summed E-state index contributed by atoms with van der Waals surface area (Å²) in [7, 11) is 1.59. The summed E-state index contributed by atoms with van der Waals surface area (Å²) in [5, 5.41) is 6.38. The third-order valence-electron chi connectivity index (χ3n) is 4.99. The van der Waals surface area contributed by atoms with E-state index in [1.807, 2.05) is 24.3 Å². The lowest BCUT2D eigenvalue weighted by molar-refractivity contribution is 0.0955. The summed E-state index contributed by atoms with van der Waals surface area (Å²) < 4.78 is 13.3. The Bertz CT molecular complexity index is 1320. The number of rotatable bonds is 7. The molecule has 0 aliphatic carbocycles. The summed E-state index contributed by atoms with van der Waals surface area (Å²) in [4.78, 5) is 12.2. The molecule has 0 radical (unpaired) electrons. The molecule has 166 valence electrons. The van der Waals surface area contributed by atoms with E-state index in [2.05, 4.69) is 66.7 Å². The maximum Gasteiger partial charge on any atom is 0.271 e. The molecular formula is C26H20Br2N2O3. The molecule has 0 aromatic heterocycles. The van der Waals surface area contributed by atoms with Crippen LogP contribution in [0.5, 0.6) is 11.5 Å². The van der Waals surface area contributed by atoms with Gasteiger partial charge in [0.1, 0.15) is 6.61 Å². The molecule has 4 aromatic carbocycles. The van der Waals surface area contributed by atoms with Crippen LogP contribution in [0.3, 0.4) is 0 Å². The van der Waals surface area contributed by atoms with Crippen molar-refractivity contribution in [3.05, 3.63) is 104 Å². The lowest BCUT2D eigenvalue weighted by Crippen LogP contribution is -2.17. The summed E-state index contributed by atoms with van der Waals surface area (Å²) in [6.07, 6.45) is 1.55. The summed E-state index contributed by atoms with van der Waals surface area (Å²) in [6.45, 7) is 0.396. The highest BCUT2D eigenvalue weighted by molar-refractivity contribution is 9.10. The molecule has 0 bridgehead atoms. The fraction of sp³-hybridized carbons (Fsp3) is 0.0769. The van der Waals surface area contributed by atoms with Gasteiger partial charge in [0.15, 0.2) is 11.5 Å². The Morgan fingerprint density at radius 2 is 1.76 bits per heavy atom. The quantitative estimate of drug-likeness (QED) is 0.199. The maximum absolute atomic E-state index is 12.2. The molecule has 0 unspecified atom stereocenters. The third kappa shape index (κ3) is 5.61. The average Bonchev–Trinajstić information content (AvgIpc) is 2.83. The van der Waals surface area contributed by atoms with Gasteiger partial charge in [0.25, 0.3) is 5.91 Å². The van der Waals surface area contributed by atoms with Crippen molar-refractivity contribution in [2.24, 2.45) is 5.10 Å². The van der Waals surface area contributed by atoms with Crippen molar-refractivity contribution >= 4 is 54.8 Å². The normalized spacial score (nSPS) is 11.0. The summed E-state index contributed by atoms with van der Waals surface area (Å²) in [5.41, 5.74) is 4.88. The Labute approximate surface area is 208 Å². The molecule has 4 aromatic rings. The Morgan fingerprint density at radius 3 is 2.55 bits per heavy atom. The second-order valence-corrected chi connectivity index (χ2v) is 8.94. The van der Waals surface area contributed by atoms with Crippen molar-refractivity contribution < 1.29 is 14.3 Å². The number of halogens is 2. The van der Waals surface area contributed by atoms with Crippen molar-refractivity contribution in [2.45, 2.75) is 6.61 Å². The Balaban J connectivity index is 1.47. The summed E-state index contributed by atoms with van der Waals surface area (Å²) >= 11 is 6.92.